The Morgan fingerprint density at radius 1 is 1.25 bits per heavy atom. The summed E-state index contributed by atoms with van der Waals surface area (Å²) in [6, 6.07) is 5.05. The highest BCUT2D eigenvalue weighted by molar-refractivity contribution is 5.95. The van der Waals surface area contributed by atoms with Crippen molar-refractivity contribution < 1.29 is 23.8 Å². The largest absolute Gasteiger partial charge is 0.497 e. The van der Waals surface area contributed by atoms with Crippen molar-refractivity contribution in [2.45, 2.75) is 32.5 Å². The Kier molecular flexibility index (Phi) is 6.84. The summed E-state index contributed by atoms with van der Waals surface area (Å²) in [7, 11) is 4.56. The molecule has 0 saturated carbocycles. The van der Waals surface area contributed by atoms with E-state index in [1.165, 1.54) is 14.2 Å². The SMILES string of the molecule is COc1ccc(NC(=O)[C@@H](C)O/N=C(\N)C(C)(C)OC)c(OC)c1. The van der Waals surface area contributed by atoms with Crippen LogP contribution in [0, 0.1) is 0 Å². The lowest BCUT2D eigenvalue weighted by atomic mass is 10.1. The van der Waals surface area contributed by atoms with E-state index in [0.29, 0.717) is 17.2 Å². The van der Waals surface area contributed by atoms with E-state index < -0.39 is 17.6 Å². The summed E-state index contributed by atoms with van der Waals surface area (Å²) in [5.74, 6) is 0.823. The van der Waals surface area contributed by atoms with Crippen LogP contribution in [0.15, 0.2) is 23.4 Å². The molecular weight excluding hydrogens is 314 g/mol. The van der Waals surface area contributed by atoms with Gasteiger partial charge < -0.3 is 30.1 Å². The van der Waals surface area contributed by atoms with Crippen LogP contribution in [0.25, 0.3) is 0 Å². The van der Waals surface area contributed by atoms with Crippen molar-refractivity contribution in [3.63, 3.8) is 0 Å². The molecule has 24 heavy (non-hydrogen) atoms. The van der Waals surface area contributed by atoms with Crippen LogP contribution in [0.1, 0.15) is 20.8 Å². The summed E-state index contributed by atoms with van der Waals surface area (Å²) >= 11 is 0. The second kappa shape index (κ2) is 8.39. The summed E-state index contributed by atoms with van der Waals surface area (Å²) in [5.41, 5.74) is 5.49. The average molecular weight is 339 g/mol. The highest BCUT2D eigenvalue weighted by Gasteiger charge is 2.24. The Morgan fingerprint density at radius 2 is 1.92 bits per heavy atom. The number of hydrogen-bond donors (Lipinski definition) is 2. The molecule has 1 amide bonds. The predicted octanol–water partition coefficient (Wildman–Crippen LogP) is 1.74. The van der Waals surface area contributed by atoms with E-state index in [0.717, 1.165) is 0 Å². The van der Waals surface area contributed by atoms with Crippen LogP contribution in [0.4, 0.5) is 5.69 Å². The van der Waals surface area contributed by atoms with Gasteiger partial charge in [0.25, 0.3) is 5.91 Å². The van der Waals surface area contributed by atoms with Gasteiger partial charge in [0.2, 0.25) is 6.10 Å². The topological polar surface area (TPSA) is 104 Å². The summed E-state index contributed by atoms with van der Waals surface area (Å²) in [4.78, 5) is 17.4. The number of nitrogens with zero attached hydrogens (tertiary/aromatic N) is 1. The number of carbonyl (C=O) groups excluding carboxylic acids is 1. The minimum absolute atomic E-state index is 0.131. The second-order valence-electron chi connectivity index (χ2n) is 5.49. The maximum Gasteiger partial charge on any atom is 0.268 e. The number of rotatable bonds is 8. The third-order valence-corrected chi connectivity index (χ3v) is 3.47. The molecule has 8 nitrogen and oxygen atoms in total. The first-order valence-corrected chi connectivity index (χ1v) is 7.33. The van der Waals surface area contributed by atoms with Crippen LogP contribution >= 0.6 is 0 Å². The van der Waals surface area contributed by atoms with E-state index in [2.05, 4.69) is 10.5 Å². The molecule has 0 aromatic heterocycles. The molecule has 8 heteroatoms. The lowest BCUT2D eigenvalue weighted by Gasteiger charge is -2.21. The van der Waals surface area contributed by atoms with Crippen molar-refractivity contribution >= 4 is 17.4 Å². The van der Waals surface area contributed by atoms with Crippen molar-refractivity contribution in [1.29, 1.82) is 0 Å². The summed E-state index contributed by atoms with van der Waals surface area (Å²) in [6.07, 6.45) is -0.858. The van der Waals surface area contributed by atoms with Gasteiger partial charge in [0.05, 0.1) is 19.9 Å². The zero-order chi connectivity index (χ0) is 18.3. The number of ether oxygens (including phenoxy) is 3. The van der Waals surface area contributed by atoms with Crippen LogP contribution in [-0.4, -0.2) is 44.8 Å². The molecule has 3 N–H and O–H groups in total. The third-order valence-electron chi connectivity index (χ3n) is 3.47. The fourth-order valence-corrected chi connectivity index (χ4v) is 1.53. The van der Waals surface area contributed by atoms with Gasteiger partial charge in [-0.15, -0.1) is 0 Å². The Hall–Kier alpha value is -2.48. The maximum absolute atomic E-state index is 12.2. The zero-order valence-corrected chi connectivity index (χ0v) is 14.9. The second-order valence-corrected chi connectivity index (χ2v) is 5.49. The molecule has 1 atom stereocenters. The molecule has 0 unspecified atom stereocenters. The molecule has 0 heterocycles. The highest BCUT2D eigenvalue weighted by atomic mass is 16.6. The molecule has 1 rings (SSSR count). The van der Waals surface area contributed by atoms with E-state index in [4.69, 9.17) is 24.8 Å². The number of methoxy groups -OCH3 is 3. The first-order valence-electron chi connectivity index (χ1n) is 7.33. The van der Waals surface area contributed by atoms with Gasteiger partial charge in [-0.25, -0.2) is 0 Å². The molecule has 134 valence electrons. The van der Waals surface area contributed by atoms with Crippen molar-refractivity contribution in [1.82, 2.24) is 0 Å². The summed E-state index contributed by atoms with van der Waals surface area (Å²) < 4.78 is 15.5. The Morgan fingerprint density at radius 3 is 2.46 bits per heavy atom. The lowest BCUT2D eigenvalue weighted by molar-refractivity contribution is -0.126. The number of amidine groups is 1. The zero-order valence-electron chi connectivity index (χ0n) is 14.9. The van der Waals surface area contributed by atoms with E-state index in [9.17, 15) is 4.79 Å². The van der Waals surface area contributed by atoms with Gasteiger partial charge in [0.1, 0.15) is 17.1 Å². The normalized spacial score (nSPS) is 13.2. The van der Waals surface area contributed by atoms with Gasteiger partial charge in [-0.2, -0.15) is 0 Å². The van der Waals surface area contributed by atoms with Crippen molar-refractivity contribution in [3.05, 3.63) is 18.2 Å². The van der Waals surface area contributed by atoms with Gasteiger partial charge in [-0.3, -0.25) is 4.79 Å². The van der Waals surface area contributed by atoms with Crippen molar-refractivity contribution in [3.8, 4) is 11.5 Å². The van der Waals surface area contributed by atoms with Crippen molar-refractivity contribution in [2.75, 3.05) is 26.6 Å². The molecule has 0 saturated heterocycles. The van der Waals surface area contributed by atoms with Crippen LogP contribution in [-0.2, 0) is 14.4 Å². The van der Waals surface area contributed by atoms with Gasteiger partial charge >= 0.3 is 0 Å². The summed E-state index contributed by atoms with van der Waals surface area (Å²) in [5, 5.41) is 6.46. The average Bonchev–Trinajstić information content (AvgIpc) is 2.59. The number of carbonyl (C=O) groups is 1. The van der Waals surface area contributed by atoms with E-state index in [-0.39, 0.29) is 5.84 Å². The maximum atomic E-state index is 12.2. The van der Waals surface area contributed by atoms with Crippen LogP contribution < -0.4 is 20.5 Å². The number of oxime groups is 1. The molecule has 0 aliphatic rings. The first kappa shape index (κ1) is 19.6. The van der Waals surface area contributed by atoms with Crippen LogP contribution in [0.3, 0.4) is 0 Å². The smallest absolute Gasteiger partial charge is 0.268 e. The third kappa shape index (κ3) is 5.02. The molecule has 0 aliphatic heterocycles. The minimum atomic E-state index is -0.858. The molecule has 0 fully saturated rings. The van der Waals surface area contributed by atoms with Gasteiger partial charge in [0.15, 0.2) is 5.84 Å². The molecule has 1 aromatic carbocycles. The van der Waals surface area contributed by atoms with E-state index >= 15 is 0 Å². The van der Waals surface area contributed by atoms with E-state index in [1.807, 2.05) is 0 Å². The van der Waals surface area contributed by atoms with Crippen molar-refractivity contribution in [2.24, 2.45) is 10.9 Å². The highest BCUT2D eigenvalue weighted by Crippen LogP contribution is 2.29. The van der Waals surface area contributed by atoms with Crippen LogP contribution in [0.5, 0.6) is 11.5 Å². The molecule has 0 spiro atoms. The minimum Gasteiger partial charge on any atom is -0.497 e. The quantitative estimate of drug-likeness (QED) is 0.425. The van der Waals surface area contributed by atoms with Gasteiger partial charge in [-0.1, -0.05) is 5.16 Å². The Labute approximate surface area is 141 Å². The monoisotopic (exact) mass is 339 g/mol. The lowest BCUT2D eigenvalue weighted by Crippen LogP contribution is -2.40. The molecular formula is C16H25N3O5. The van der Waals surface area contributed by atoms with Gasteiger partial charge in [-0.05, 0) is 32.9 Å². The molecule has 0 bridgehead atoms. The fourth-order valence-electron chi connectivity index (χ4n) is 1.53. The number of amides is 1. The number of nitrogens with two attached hydrogens (primary N) is 1. The molecule has 0 aliphatic carbocycles. The van der Waals surface area contributed by atoms with Crippen LogP contribution in [0.2, 0.25) is 0 Å². The van der Waals surface area contributed by atoms with Gasteiger partial charge in [0, 0.05) is 13.2 Å². The fraction of sp³-hybridized carbons (Fsp3) is 0.500. The Bertz CT molecular complexity index is 601. The first-order chi connectivity index (χ1) is 11.2. The summed E-state index contributed by atoms with van der Waals surface area (Å²) in [6.45, 7) is 5.03. The van der Waals surface area contributed by atoms with E-state index in [1.54, 1.807) is 46.1 Å². The Balaban J connectivity index is 2.76. The number of benzene rings is 1. The predicted molar refractivity (Wildman–Crippen MR) is 91.4 cm³/mol. The molecule has 1 aromatic rings. The molecule has 0 radical (unpaired) electrons. The number of hydrogen-bond acceptors (Lipinski definition) is 6. The number of nitrogens with one attached hydrogen (secondary N) is 1. The standard InChI is InChI=1S/C16H25N3O5/c1-10(24-19-15(17)16(2,3)23-6)14(20)18-12-8-7-11(21-4)9-13(12)22-5/h7-10H,1-6H3,(H2,17,19)(H,18,20)/t10-/m1/s1. The number of anilines is 1.